The molecular weight excluding hydrogens is 496 g/mol. The van der Waals surface area contributed by atoms with Crippen LogP contribution in [-0.2, 0) is 23.9 Å². The molecule has 7 atom stereocenters. The van der Waals surface area contributed by atoms with Gasteiger partial charge in [0.25, 0.3) is 5.91 Å². The van der Waals surface area contributed by atoms with E-state index in [9.17, 15) is 19.5 Å². The van der Waals surface area contributed by atoms with E-state index in [0.29, 0.717) is 6.42 Å². The lowest BCUT2D eigenvalue weighted by atomic mass is 9.62. The van der Waals surface area contributed by atoms with E-state index in [0.717, 1.165) is 16.8 Å². The van der Waals surface area contributed by atoms with Crippen molar-refractivity contribution in [1.29, 1.82) is 0 Å². The third-order valence-electron chi connectivity index (χ3n) is 9.18. The zero-order valence-electron chi connectivity index (χ0n) is 24.0. The summed E-state index contributed by atoms with van der Waals surface area (Å²) in [5.41, 5.74) is 0.380. The molecule has 1 aromatic rings. The van der Waals surface area contributed by atoms with Gasteiger partial charge in [0.1, 0.15) is 24.2 Å². The van der Waals surface area contributed by atoms with Crippen molar-refractivity contribution >= 4 is 23.5 Å². The first kappa shape index (κ1) is 29.0. The van der Waals surface area contributed by atoms with Crippen molar-refractivity contribution in [2.45, 2.75) is 71.2 Å². The molecule has 39 heavy (non-hydrogen) atoms. The van der Waals surface area contributed by atoms with E-state index in [1.54, 1.807) is 11.0 Å². The maximum absolute atomic E-state index is 14.8. The average Bonchev–Trinajstić information content (AvgIpc) is 3.39. The number of benzene rings is 1. The second-order valence-electron chi connectivity index (χ2n) is 11.8. The highest BCUT2D eigenvalue weighted by Crippen LogP contribution is 2.66. The zero-order chi connectivity index (χ0) is 28.9. The number of nitrogens with zero attached hydrogens (tertiary/aromatic N) is 2. The minimum absolute atomic E-state index is 0.0186. The molecular formula is C31H42N2O6. The number of likely N-dealkylation sites (tertiary alicyclic amines) is 1. The number of hydrogen-bond donors (Lipinski definition) is 1. The predicted molar refractivity (Wildman–Crippen MR) is 149 cm³/mol. The fourth-order valence-electron chi connectivity index (χ4n) is 7.32. The third kappa shape index (κ3) is 4.23. The number of aliphatic hydroxyl groups excluding tert-OH is 1. The Kier molecular flexibility index (Phi) is 7.85. The molecule has 212 valence electrons. The van der Waals surface area contributed by atoms with Gasteiger partial charge in [0.2, 0.25) is 5.91 Å². The first-order valence-corrected chi connectivity index (χ1v) is 13.8. The van der Waals surface area contributed by atoms with Gasteiger partial charge >= 0.3 is 5.97 Å². The number of para-hydroxylation sites is 1. The summed E-state index contributed by atoms with van der Waals surface area (Å²) in [6, 6.07) is 4.17. The lowest BCUT2D eigenvalue weighted by molar-refractivity contribution is -0.162. The minimum Gasteiger partial charge on any atom is -0.461 e. The Labute approximate surface area is 231 Å². The summed E-state index contributed by atoms with van der Waals surface area (Å²) in [6.45, 7) is 19.0. The van der Waals surface area contributed by atoms with Gasteiger partial charge in [0, 0.05) is 12.2 Å². The molecule has 8 nitrogen and oxygen atoms in total. The highest BCUT2D eigenvalue weighted by Gasteiger charge is 2.81. The number of carbonyl (C=O) groups is 3. The lowest BCUT2D eigenvalue weighted by Crippen LogP contribution is -2.60. The van der Waals surface area contributed by atoms with Gasteiger partial charge in [-0.15, -0.1) is 6.58 Å². The van der Waals surface area contributed by atoms with Gasteiger partial charge in [-0.3, -0.25) is 14.4 Å². The van der Waals surface area contributed by atoms with Crippen molar-refractivity contribution in [3.63, 3.8) is 0 Å². The molecule has 3 aliphatic heterocycles. The van der Waals surface area contributed by atoms with Crippen LogP contribution in [0.1, 0.15) is 45.2 Å². The van der Waals surface area contributed by atoms with Gasteiger partial charge in [-0.05, 0) is 50.2 Å². The summed E-state index contributed by atoms with van der Waals surface area (Å²) in [5, 5.41) is 10.5. The van der Waals surface area contributed by atoms with Crippen LogP contribution in [0.2, 0.25) is 0 Å². The Morgan fingerprint density at radius 2 is 1.90 bits per heavy atom. The molecule has 3 unspecified atom stereocenters. The number of amides is 2. The Bertz CT molecular complexity index is 1160. The molecule has 2 bridgehead atoms. The number of anilines is 1. The molecule has 1 N–H and O–H groups in total. The van der Waals surface area contributed by atoms with E-state index in [1.807, 2.05) is 59.7 Å². The van der Waals surface area contributed by atoms with E-state index in [1.165, 1.54) is 11.0 Å². The smallest absolute Gasteiger partial charge is 0.313 e. The molecule has 0 saturated carbocycles. The van der Waals surface area contributed by atoms with Crippen molar-refractivity contribution in [1.82, 2.24) is 4.90 Å². The maximum Gasteiger partial charge on any atom is 0.313 e. The van der Waals surface area contributed by atoms with Crippen LogP contribution >= 0.6 is 0 Å². The Morgan fingerprint density at radius 3 is 2.44 bits per heavy atom. The first-order valence-electron chi connectivity index (χ1n) is 13.8. The second kappa shape index (κ2) is 10.5. The summed E-state index contributed by atoms with van der Waals surface area (Å²) < 4.78 is 12.3. The normalized spacial score (nSPS) is 31.8. The largest absolute Gasteiger partial charge is 0.461 e. The molecule has 3 heterocycles. The molecule has 1 spiro atoms. The Morgan fingerprint density at radius 1 is 1.26 bits per heavy atom. The summed E-state index contributed by atoms with van der Waals surface area (Å²) in [6.07, 6.45) is 3.59. The Balaban J connectivity index is 1.92. The molecule has 0 radical (unpaired) electrons. The van der Waals surface area contributed by atoms with Crippen molar-refractivity contribution < 1.29 is 29.0 Å². The number of carbonyl (C=O) groups excluding carboxylic acids is 3. The molecule has 0 aromatic heterocycles. The van der Waals surface area contributed by atoms with Crippen LogP contribution in [0.15, 0.2) is 43.5 Å². The van der Waals surface area contributed by atoms with E-state index in [4.69, 9.17) is 9.47 Å². The number of aryl methyl sites for hydroxylation is 2. The van der Waals surface area contributed by atoms with Crippen LogP contribution in [0.3, 0.4) is 0 Å². The highest BCUT2D eigenvalue weighted by molar-refractivity contribution is 6.05. The van der Waals surface area contributed by atoms with E-state index in [2.05, 4.69) is 13.2 Å². The fourth-order valence-corrected chi connectivity index (χ4v) is 7.32. The number of esters is 1. The number of fused-ring (bicyclic) bond motifs is 1. The van der Waals surface area contributed by atoms with Crippen LogP contribution in [0.4, 0.5) is 5.69 Å². The molecule has 1 aromatic carbocycles. The van der Waals surface area contributed by atoms with E-state index >= 15 is 0 Å². The summed E-state index contributed by atoms with van der Waals surface area (Å²) >= 11 is 0. The number of rotatable bonds is 10. The quantitative estimate of drug-likeness (QED) is 0.361. The number of hydrogen-bond acceptors (Lipinski definition) is 6. The van der Waals surface area contributed by atoms with Crippen molar-refractivity contribution in [3.05, 3.63) is 54.6 Å². The van der Waals surface area contributed by atoms with Gasteiger partial charge in [-0.25, -0.2) is 0 Å². The van der Waals surface area contributed by atoms with Crippen molar-refractivity contribution in [3.8, 4) is 0 Å². The predicted octanol–water partition coefficient (Wildman–Crippen LogP) is 3.58. The lowest BCUT2D eigenvalue weighted by Gasteiger charge is -2.41. The summed E-state index contributed by atoms with van der Waals surface area (Å²) in [7, 11) is 0. The van der Waals surface area contributed by atoms with Crippen LogP contribution in [0, 0.1) is 37.5 Å². The van der Waals surface area contributed by atoms with Gasteiger partial charge in [-0.1, -0.05) is 57.7 Å². The van der Waals surface area contributed by atoms with Crippen molar-refractivity contribution in [2.24, 2.45) is 23.7 Å². The van der Waals surface area contributed by atoms with Crippen LogP contribution in [0.25, 0.3) is 0 Å². The van der Waals surface area contributed by atoms with Gasteiger partial charge in [0.15, 0.2) is 0 Å². The van der Waals surface area contributed by atoms with Gasteiger partial charge in [0.05, 0.1) is 24.2 Å². The number of aliphatic hydroxyl groups is 1. The van der Waals surface area contributed by atoms with E-state index in [-0.39, 0.29) is 43.4 Å². The molecule has 3 fully saturated rings. The standard InChI is InChI=1S/C31H42N2O6/c1-9-14-32(25-19(5)12-11-13-20(25)6)28(36)26-31-16-21(7)30(8,39-31)24(29(37)38-15-10-2)23(31)27(35)33(26)22(17-34)18(3)4/h9-13,18,21-24,26,34H,1-2,14-17H2,3-8H3/t21?,22-,23-,24+,26?,30-,31?/m0/s1. The highest BCUT2D eigenvalue weighted by atomic mass is 16.6. The summed E-state index contributed by atoms with van der Waals surface area (Å²) in [4.78, 5) is 45.9. The molecule has 0 aliphatic carbocycles. The third-order valence-corrected chi connectivity index (χ3v) is 9.18. The maximum atomic E-state index is 14.8. The van der Waals surface area contributed by atoms with Crippen molar-refractivity contribution in [2.75, 3.05) is 24.7 Å². The monoisotopic (exact) mass is 538 g/mol. The van der Waals surface area contributed by atoms with Gasteiger partial charge in [-0.2, -0.15) is 0 Å². The van der Waals surface area contributed by atoms with Crippen LogP contribution in [-0.4, -0.2) is 70.8 Å². The summed E-state index contributed by atoms with van der Waals surface area (Å²) in [5.74, 6) is -3.22. The minimum atomic E-state index is -1.24. The van der Waals surface area contributed by atoms with Gasteiger partial charge < -0.3 is 24.4 Å². The molecule has 3 aliphatic rings. The molecule has 4 rings (SSSR count). The topological polar surface area (TPSA) is 96.4 Å². The zero-order valence-corrected chi connectivity index (χ0v) is 24.0. The molecule has 3 saturated heterocycles. The average molecular weight is 539 g/mol. The Hall–Kier alpha value is -2.97. The van der Waals surface area contributed by atoms with Crippen LogP contribution in [0.5, 0.6) is 0 Å². The molecule has 2 amide bonds. The van der Waals surface area contributed by atoms with Crippen LogP contribution < -0.4 is 4.90 Å². The SMILES string of the molecule is C=CCOC(=O)[C@H]1[C@H]2C(=O)N([C@@H](CO)C(C)C)C(C(=O)N(CC=C)c3c(C)cccc3C)C23CC(C)[C@]1(C)O3. The molecule has 8 heteroatoms. The first-order chi connectivity index (χ1) is 18.4. The fraction of sp³-hybridized carbons (Fsp3) is 0.581. The second-order valence-corrected chi connectivity index (χ2v) is 11.8. The number of ether oxygens (including phenoxy) is 2. The van der Waals surface area contributed by atoms with E-state index < -0.39 is 41.1 Å².